The Labute approximate surface area is 180 Å². The molecule has 0 saturated carbocycles. The van der Waals surface area contributed by atoms with Crippen LogP contribution in [0.1, 0.15) is 17.5 Å². The van der Waals surface area contributed by atoms with Crippen molar-refractivity contribution in [3.05, 3.63) is 65.9 Å². The lowest BCUT2D eigenvalue weighted by Crippen LogP contribution is -2.30. The van der Waals surface area contributed by atoms with Crippen LogP contribution in [0.5, 0.6) is 0 Å². The first kappa shape index (κ1) is 19.5. The van der Waals surface area contributed by atoms with Gasteiger partial charge in [-0.05, 0) is 29.9 Å². The van der Waals surface area contributed by atoms with Gasteiger partial charge in [0, 0.05) is 31.1 Å². The lowest BCUT2D eigenvalue weighted by molar-refractivity contribution is 0.426. The number of rotatable bonds is 5. The Kier molecular flexibility index (Phi) is 5.05. The predicted molar refractivity (Wildman–Crippen MR) is 122 cm³/mol. The van der Waals surface area contributed by atoms with Gasteiger partial charge in [0.05, 0.1) is 11.7 Å². The molecule has 3 heterocycles. The standard InChI is InChI=1S/C22H23BN6O2/c1-28-12-6-9-16-20(24-13-15-7-3-2-4-8-15)26-22(27-21(16)28)29-19-11-5-10-18(23(30)31)17(19)14-25-29/h2-5,7-8,10-11,14,30-31H,6,9,12-13H2,1H3,(H,24,26,27). The van der Waals surface area contributed by atoms with E-state index < -0.39 is 7.12 Å². The maximum atomic E-state index is 9.69. The second-order valence-corrected chi connectivity index (χ2v) is 7.75. The molecule has 0 fully saturated rings. The van der Waals surface area contributed by atoms with E-state index in [0.29, 0.717) is 23.3 Å². The number of hydrogen-bond donors (Lipinski definition) is 3. The second-order valence-electron chi connectivity index (χ2n) is 7.75. The summed E-state index contributed by atoms with van der Waals surface area (Å²) in [6, 6.07) is 15.5. The molecule has 1 aliphatic heterocycles. The smallest absolute Gasteiger partial charge is 0.423 e. The zero-order valence-electron chi connectivity index (χ0n) is 17.2. The highest BCUT2D eigenvalue weighted by atomic mass is 16.4. The van der Waals surface area contributed by atoms with Gasteiger partial charge in [0.25, 0.3) is 5.95 Å². The van der Waals surface area contributed by atoms with Crippen molar-refractivity contribution in [3.63, 3.8) is 0 Å². The molecule has 156 valence electrons. The van der Waals surface area contributed by atoms with Crippen LogP contribution in [-0.4, -0.2) is 50.5 Å². The highest BCUT2D eigenvalue weighted by Gasteiger charge is 2.23. The molecule has 3 N–H and O–H groups in total. The monoisotopic (exact) mass is 414 g/mol. The van der Waals surface area contributed by atoms with Gasteiger partial charge in [-0.1, -0.05) is 42.5 Å². The molecular formula is C22H23BN6O2. The number of nitrogens with zero attached hydrogens (tertiary/aromatic N) is 5. The van der Waals surface area contributed by atoms with Crippen molar-refractivity contribution in [2.45, 2.75) is 19.4 Å². The minimum Gasteiger partial charge on any atom is -0.423 e. The molecule has 0 saturated heterocycles. The van der Waals surface area contributed by atoms with Crippen molar-refractivity contribution in [2.75, 3.05) is 23.8 Å². The Bertz CT molecular complexity index is 1230. The molecule has 9 heteroatoms. The summed E-state index contributed by atoms with van der Waals surface area (Å²) in [6.45, 7) is 1.59. The van der Waals surface area contributed by atoms with Gasteiger partial charge in [0.2, 0.25) is 0 Å². The third kappa shape index (κ3) is 3.62. The summed E-state index contributed by atoms with van der Waals surface area (Å²) in [7, 11) is 0.469. The van der Waals surface area contributed by atoms with E-state index in [1.54, 1.807) is 23.0 Å². The Morgan fingerprint density at radius 1 is 1.06 bits per heavy atom. The number of aromatic nitrogens is 4. The van der Waals surface area contributed by atoms with Gasteiger partial charge >= 0.3 is 7.12 Å². The lowest BCUT2D eigenvalue weighted by atomic mass is 9.78. The summed E-state index contributed by atoms with van der Waals surface area (Å²) in [5.74, 6) is 2.15. The van der Waals surface area contributed by atoms with E-state index in [2.05, 4.69) is 27.4 Å². The molecule has 2 aromatic heterocycles. The van der Waals surface area contributed by atoms with Gasteiger partial charge < -0.3 is 20.3 Å². The molecule has 0 bridgehead atoms. The average Bonchev–Trinajstić information content (AvgIpc) is 3.22. The van der Waals surface area contributed by atoms with Crippen molar-refractivity contribution in [3.8, 4) is 5.95 Å². The van der Waals surface area contributed by atoms with Gasteiger partial charge in [-0.15, -0.1) is 0 Å². The van der Waals surface area contributed by atoms with Gasteiger partial charge in [0.15, 0.2) is 0 Å². The highest BCUT2D eigenvalue weighted by Crippen LogP contribution is 2.31. The third-order valence-corrected chi connectivity index (χ3v) is 5.67. The van der Waals surface area contributed by atoms with Crippen LogP contribution in [0.3, 0.4) is 0 Å². The van der Waals surface area contributed by atoms with Crippen molar-refractivity contribution >= 4 is 35.1 Å². The summed E-state index contributed by atoms with van der Waals surface area (Å²) >= 11 is 0. The Morgan fingerprint density at radius 2 is 1.90 bits per heavy atom. The van der Waals surface area contributed by atoms with Crippen molar-refractivity contribution < 1.29 is 10.0 Å². The van der Waals surface area contributed by atoms with Crippen LogP contribution in [0, 0.1) is 0 Å². The van der Waals surface area contributed by atoms with Crippen LogP contribution in [0.25, 0.3) is 16.9 Å². The fourth-order valence-electron chi connectivity index (χ4n) is 4.09. The van der Waals surface area contributed by atoms with E-state index in [9.17, 15) is 10.0 Å². The Balaban J connectivity index is 1.60. The molecule has 0 aliphatic carbocycles. The maximum Gasteiger partial charge on any atom is 0.489 e. The van der Waals surface area contributed by atoms with Gasteiger partial charge in [-0.3, -0.25) is 0 Å². The first-order valence-corrected chi connectivity index (χ1v) is 10.3. The van der Waals surface area contributed by atoms with E-state index in [1.165, 1.54) is 5.56 Å². The summed E-state index contributed by atoms with van der Waals surface area (Å²) < 4.78 is 1.65. The zero-order valence-corrected chi connectivity index (χ0v) is 17.2. The molecule has 8 nitrogen and oxygen atoms in total. The first-order chi connectivity index (χ1) is 15.1. The number of nitrogens with one attached hydrogen (secondary N) is 1. The minimum atomic E-state index is -1.57. The molecule has 1 aliphatic rings. The maximum absolute atomic E-state index is 9.69. The molecule has 4 aromatic rings. The fourth-order valence-corrected chi connectivity index (χ4v) is 4.09. The van der Waals surface area contributed by atoms with Crippen LogP contribution < -0.4 is 15.7 Å². The van der Waals surface area contributed by atoms with E-state index in [-0.39, 0.29) is 0 Å². The molecule has 2 aromatic carbocycles. The molecule has 0 unspecified atom stereocenters. The molecule has 0 radical (unpaired) electrons. The van der Waals surface area contributed by atoms with E-state index in [0.717, 1.165) is 42.1 Å². The normalized spacial score (nSPS) is 13.3. The molecule has 0 spiro atoms. The predicted octanol–water partition coefficient (Wildman–Crippen LogP) is 1.49. The number of anilines is 2. The quantitative estimate of drug-likeness (QED) is 0.426. The third-order valence-electron chi connectivity index (χ3n) is 5.67. The first-order valence-electron chi connectivity index (χ1n) is 10.3. The van der Waals surface area contributed by atoms with E-state index in [1.807, 2.05) is 31.3 Å². The number of hydrogen-bond acceptors (Lipinski definition) is 7. The largest absolute Gasteiger partial charge is 0.489 e. The van der Waals surface area contributed by atoms with Crippen molar-refractivity contribution in [1.29, 1.82) is 0 Å². The van der Waals surface area contributed by atoms with Gasteiger partial charge in [-0.25, -0.2) is 0 Å². The van der Waals surface area contributed by atoms with Crippen LogP contribution in [0.4, 0.5) is 11.6 Å². The van der Waals surface area contributed by atoms with Crippen LogP contribution in [0.2, 0.25) is 0 Å². The summed E-state index contributed by atoms with van der Waals surface area (Å²) in [6.07, 6.45) is 3.58. The van der Waals surface area contributed by atoms with Crippen LogP contribution >= 0.6 is 0 Å². The second kappa shape index (κ2) is 8.01. The van der Waals surface area contributed by atoms with Crippen molar-refractivity contribution in [1.82, 2.24) is 19.7 Å². The van der Waals surface area contributed by atoms with Crippen LogP contribution in [0.15, 0.2) is 54.7 Å². The fraction of sp³-hybridized carbons (Fsp3) is 0.227. The van der Waals surface area contributed by atoms with Crippen LogP contribution in [-0.2, 0) is 13.0 Å². The zero-order chi connectivity index (χ0) is 21.4. The summed E-state index contributed by atoms with van der Waals surface area (Å²) in [5, 5.41) is 28.0. The highest BCUT2D eigenvalue weighted by molar-refractivity contribution is 6.61. The Hall–Kier alpha value is -3.43. The average molecular weight is 414 g/mol. The van der Waals surface area contributed by atoms with E-state index >= 15 is 0 Å². The number of benzene rings is 2. The topological polar surface area (TPSA) is 99.3 Å². The summed E-state index contributed by atoms with van der Waals surface area (Å²) in [4.78, 5) is 11.8. The molecular weight excluding hydrogens is 391 g/mol. The number of fused-ring (bicyclic) bond motifs is 2. The van der Waals surface area contributed by atoms with E-state index in [4.69, 9.17) is 9.97 Å². The molecule has 31 heavy (non-hydrogen) atoms. The Morgan fingerprint density at radius 3 is 2.71 bits per heavy atom. The van der Waals surface area contributed by atoms with Gasteiger partial charge in [0.1, 0.15) is 11.6 Å². The SMILES string of the molecule is CN1CCCc2c(NCc3ccccc3)nc(-n3ncc4c(B(O)O)cccc43)nc21. The molecule has 0 atom stereocenters. The molecule has 0 amide bonds. The minimum absolute atomic E-state index is 0.404. The van der Waals surface area contributed by atoms with Crippen molar-refractivity contribution in [2.24, 2.45) is 0 Å². The molecule has 5 rings (SSSR count). The lowest BCUT2D eigenvalue weighted by Gasteiger charge is -2.28. The van der Waals surface area contributed by atoms with Gasteiger partial charge in [-0.2, -0.15) is 19.7 Å². The summed E-state index contributed by atoms with van der Waals surface area (Å²) in [5.41, 5.74) is 3.40.